The van der Waals surface area contributed by atoms with Crippen LogP contribution < -0.4 is 5.19 Å². The molecule has 0 amide bonds. The van der Waals surface area contributed by atoms with Crippen LogP contribution in [0.3, 0.4) is 0 Å². The largest absolute Gasteiger partial charge is 0.249 e. The molecule has 3 heteroatoms. The van der Waals surface area contributed by atoms with Gasteiger partial charge in [0.2, 0.25) is 6.04 Å². The molecule has 0 saturated carbocycles. The summed E-state index contributed by atoms with van der Waals surface area (Å²) >= 11 is 7.15. The van der Waals surface area contributed by atoms with E-state index in [-0.39, 0.29) is 0 Å². The van der Waals surface area contributed by atoms with Crippen LogP contribution in [0.15, 0.2) is 18.2 Å². The van der Waals surface area contributed by atoms with Crippen molar-refractivity contribution in [2.45, 2.75) is 13.8 Å². The van der Waals surface area contributed by atoms with Crippen LogP contribution in [-0.4, -0.2) is 6.04 Å². The van der Waals surface area contributed by atoms with Crippen LogP contribution in [0.2, 0.25) is 0 Å². The second-order valence-corrected chi connectivity index (χ2v) is 11.6. The first-order chi connectivity index (χ1) is 5.11. The Labute approximate surface area is 84.8 Å². The van der Waals surface area contributed by atoms with Crippen molar-refractivity contribution in [1.29, 1.82) is 0 Å². The van der Waals surface area contributed by atoms with Crippen molar-refractivity contribution < 1.29 is 0 Å². The van der Waals surface area contributed by atoms with Crippen LogP contribution >= 0.6 is 30.6 Å². The van der Waals surface area contributed by atoms with E-state index in [1.165, 1.54) is 16.3 Å². The molecular weight excluding hydrogens is 284 g/mol. The maximum Gasteiger partial charge on any atom is 0.249 e. The Hall–Kier alpha value is 0.397. The molecule has 0 saturated heterocycles. The molecule has 1 aromatic rings. The number of benzene rings is 1. The lowest BCUT2D eigenvalue weighted by Crippen LogP contribution is -2.20. The van der Waals surface area contributed by atoms with Gasteiger partial charge < -0.3 is 0 Å². The highest BCUT2D eigenvalue weighted by molar-refractivity contribution is 9.49. The minimum Gasteiger partial charge on any atom is -0.106 e. The highest BCUT2D eigenvalue weighted by Gasteiger charge is 2.07. The van der Waals surface area contributed by atoms with Gasteiger partial charge in [-0.1, -0.05) is 29.3 Å². The third kappa shape index (κ3) is 2.42. The summed E-state index contributed by atoms with van der Waals surface area (Å²) in [6, 6.07) is 5.91. The molecule has 1 radical (unpaired) electrons. The second kappa shape index (κ2) is 3.87. The average molecular weight is 293 g/mol. The predicted octanol–water partition coefficient (Wildman–Crippen LogP) is 2.79. The Bertz CT molecular complexity index is 258. The SMILES string of the molecule is Cc1ccc([Si](Br)Br)c(C)c1. The monoisotopic (exact) mass is 291 g/mol. The van der Waals surface area contributed by atoms with Crippen LogP contribution in [0.4, 0.5) is 0 Å². The fourth-order valence-electron chi connectivity index (χ4n) is 1.03. The molecule has 0 unspecified atom stereocenters. The predicted molar refractivity (Wildman–Crippen MR) is 59.2 cm³/mol. The normalized spacial score (nSPS) is 10.6. The van der Waals surface area contributed by atoms with Crippen molar-refractivity contribution in [2.75, 3.05) is 0 Å². The van der Waals surface area contributed by atoms with Crippen LogP contribution in [0.1, 0.15) is 11.1 Å². The fraction of sp³-hybridized carbons (Fsp3) is 0.250. The molecule has 0 aromatic heterocycles. The van der Waals surface area contributed by atoms with Crippen LogP contribution in [0.5, 0.6) is 0 Å². The van der Waals surface area contributed by atoms with E-state index in [0.717, 1.165) is 0 Å². The van der Waals surface area contributed by atoms with E-state index in [4.69, 9.17) is 0 Å². The summed E-state index contributed by atoms with van der Waals surface area (Å²) in [7, 11) is 0. The first-order valence-corrected chi connectivity index (χ1v) is 9.38. The van der Waals surface area contributed by atoms with Crippen LogP contribution in [0, 0.1) is 13.8 Å². The third-order valence-electron chi connectivity index (χ3n) is 1.59. The van der Waals surface area contributed by atoms with Crippen molar-refractivity contribution in [2.24, 2.45) is 0 Å². The summed E-state index contributed by atoms with van der Waals surface area (Å²) in [6.07, 6.45) is 0. The molecule has 0 nitrogen and oxygen atoms in total. The van der Waals surface area contributed by atoms with Gasteiger partial charge in [0, 0.05) is 0 Å². The quantitative estimate of drug-likeness (QED) is 0.552. The zero-order valence-corrected chi connectivity index (χ0v) is 10.7. The summed E-state index contributed by atoms with van der Waals surface area (Å²) in [4.78, 5) is 0. The number of rotatable bonds is 1. The first kappa shape index (κ1) is 9.48. The van der Waals surface area contributed by atoms with E-state index in [2.05, 4.69) is 62.6 Å². The number of hydrogen-bond acceptors (Lipinski definition) is 0. The number of aryl methyl sites for hydroxylation is 2. The molecule has 0 fully saturated rings. The molecule has 1 rings (SSSR count). The minimum atomic E-state index is -0.634. The molecule has 0 heterocycles. The van der Waals surface area contributed by atoms with Gasteiger partial charge in [-0.15, -0.1) is 30.6 Å². The Morgan fingerprint density at radius 2 is 1.82 bits per heavy atom. The maximum absolute atomic E-state index is 3.58. The highest BCUT2D eigenvalue weighted by atomic mass is 79.9. The smallest absolute Gasteiger partial charge is 0.106 e. The minimum absolute atomic E-state index is 0.634. The lowest BCUT2D eigenvalue weighted by Gasteiger charge is -2.04. The molecule has 0 bridgehead atoms. The van der Waals surface area contributed by atoms with E-state index in [9.17, 15) is 0 Å². The van der Waals surface area contributed by atoms with Crippen molar-refractivity contribution in [1.82, 2.24) is 0 Å². The van der Waals surface area contributed by atoms with Gasteiger partial charge in [-0.3, -0.25) is 0 Å². The second-order valence-electron chi connectivity index (χ2n) is 2.58. The highest BCUT2D eigenvalue weighted by Crippen LogP contribution is 2.08. The van der Waals surface area contributed by atoms with Crippen LogP contribution in [0.25, 0.3) is 0 Å². The molecule has 0 atom stereocenters. The molecule has 11 heavy (non-hydrogen) atoms. The van der Waals surface area contributed by atoms with E-state index in [0.29, 0.717) is 0 Å². The molecule has 59 valence electrons. The van der Waals surface area contributed by atoms with Gasteiger partial charge in [0.15, 0.2) is 0 Å². The number of halogens is 2. The molecule has 0 aliphatic rings. The van der Waals surface area contributed by atoms with E-state index < -0.39 is 6.04 Å². The summed E-state index contributed by atoms with van der Waals surface area (Å²) in [5.74, 6) is 0. The lowest BCUT2D eigenvalue weighted by atomic mass is 10.2. The average Bonchev–Trinajstić information content (AvgIpc) is 1.85. The molecule has 0 aliphatic heterocycles. The topological polar surface area (TPSA) is 0 Å². The molecule has 0 spiro atoms. The van der Waals surface area contributed by atoms with Gasteiger partial charge in [-0.05, 0) is 19.0 Å². The van der Waals surface area contributed by atoms with E-state index in [1.807, 2.05) is 0 Å². The van der Waals surface area contributed by atoms with E-state index >= 15 is 0 Å². The van der Waals surface area contributed by atoms with Gasteiger partial charge in [0.05, 0.1) is 0 Å². The van der Waals surface area contributed by atoms with Crippen LogP contribution in [-0.2, 0) is 0 Å². The van der Waals surface area contributed by atoms with Crippen molar-refractivity contribution in [3.63, 3.8) is 0 Å². The molecule has 0 N–H and O–H groups in total. The Morgan fingerprint density at radius 1 is 1.18 bits per heavy atom. The first-order valence-electron chi connectivity index (χ1n) is 3.37. The Kier molecular flexibility index (Phi) is 3.34. The molecule has 0 aliphatic carbocycles. The third-order valence-corrected chi connectivity index (χ3v) is 5.12. The summed E-state index contributed by atoms with van der Waals surface area (Å²) in [5.41, 5.74) is 2.70. The van der Waals surface area contributed by atoms with Gasteiger partial charge in [-0.25, -0.2) is 0 Å². The Balaban J connectivity index is 3.09. The zero-order chi connectivity index (χ0) is 8.43. The maximum atomic E-state index is 3.58. The zero-order valence-electron chi connectivity index (χ0n) is 6.49. The summed E-state index contributed by atoms with van der Waals surface area (Å²) in [6.45, 7) is 4.27. The van der Waals surface area contributed by atoms with Gasteiger partial charge in [0.1, 0.15) is 0 Å². The summed E-state index contributed by atoms with van der Waals surface area (Å²) < 4.78 is 0. The van der Waals surface area contributed by atoms with Crippen molar-refractivity contribution in [3.05, 3.63) is 29.3 Å². The van der Waals surface area contributed by atoms with Crippen molar-refractivity contribution in [3.8, 4) is 0 Å². The fourth-order valence-corrected chi connectivity index (χ4v) is 4.27. The van der Waals surface area contributed by atoms with Gasteiger partial charge in [-0.2, -0.15) is 0 Å². The summed E-state index contributed by atoms with van der Waals surface area (Å²) in [5, 5.41) is 1.40. The molecular formula is C8H9Br2Si. The molecule has 1 aromatic carbocycles. The van der Waals surface area contributed by atoms with E-state index in [1.54, 1.807) is 0 Å². The number of hydrogen-bond donors (Lipinski definition) is 0. The van der Waals surface area contributed by atoms with Crippen molar-refractivity contribution >= 4 is 41.8 Å². The Morgan fingerprint density at radius 3 is 2.27 bits per heavy atom. The standard InChI is InChI=1S/C8H9Br2Si/c1-6-3-4-8(11(9)10)7(2)5-6/h3-5H,1-2H3. The lowest BCUT2D eigenvalue weighted by molar-refractivity contribution is 1.41. The van der Waals surface area contributed by atoms with Gasteiger partial charge >= 0.3 is 0 Å². The van der Waals surface area contributed by atoms with Gasteiger partial charge in [0.25, 0.3) is 0 Å².